The van der Waals surface area contributed by atoms with E-state index in [0.29, 0.717) is 0 Å². The molecule has 0 fully saturated rings. The van der Waals surface area contributed by atoms with Crippen molar-refractivity contribution in [1.29, 1.82) is 0 Å². The van der Waals surface area contributed by atoms with Gasteiger partial charge in [0.2, 0.25) is 0 Å². The van der Waals surface area contributed by atoms with Gasteiger partial charge in [-0.2, -0.15) is 0 Å². The summed E-state index contributed by atoms with van der Waals surface area (Å²) in [6.07, 6.45) is 3.53. The van der Waals surface area contributed by atoms with Crippen LogP contribution in [-0.4, -0.2) is 43.6 Å². The minimum Gasteiger partial charge on any atom is -0.357 e. The molecule has 0 amide bonds. The number of hydrogen-bond acceptors (Lipinski definition) is 3. The molecule has 1 aromatic rings. The van der Waals surface area contributed by atoms with Crippen LogP contribution in [0.2, 0.25) is 0 Å². The van der Waals surface area contributed by atoms with E-state index in [1.165, 1.54) is 29.1 Å². The van der Waals surface area contributed by atoms with Crippen molar-refractivity contribution in [2.24, 2.45) is 4.99 Å². The average Bonchev–Trinajstić information content (AvgIpc) is 3.04. The topological polar surface area (TPSA) is 39.7 Å². The van der Waals surface area contributed by atoms with E-state index in [9.17, 15) is 0 Å². The third kappa shape index (κ3) is 9.84. The van der Waals surface area contributed by atoms with Gasteiger partial charge in [-0.25, -0.2) is 4.99 Å². The van der Waals surface area contributed by atoms with Crippen molar-refractivity contribution in [2.45, 2.75) is 53.5 Å². The molecular formula is C18H35IN4S. The van der Waals surface area contributed by atoms with Crippen LogP contribution in [-0.2, 0) is 13.0 Å². The highest BCUT2D eigenvalue weighted by Crippen LogP contribution is 2.17. The fourth-order valence-corrected chi connectivity index (χ4v) is 3.29. The van der Waals surface area contributed by atoms with E-state index in [4.69, 9.17) is 4.99 Å². The molecule has 4 nitrogen and oxygen atoms in total. The molecule has 1 aromatic heterocycles. The van der Waals surface area contributed by atoms with Crippen molar-refractivity contribution in [3.63, 3.8) is 0 Å². The summed E-state index contributed by atoms with van der Waals surface area (Å²) >= 11 is 1.86. The quantitative estimate of drug-likeness (QED) is 0.223. The highest BCUT2D eigenvalue weighted by atomic mass is 127. The fourth-order valence-electron chi connectivity index (χ4n) is 2.40. The Morgan fingerprint density at radius 3 is 2.33 bits per heavy atom. The summed E-state index contributed by atoms with van der Waals surface area (Å²) in [5.41, 5.74) is 0. The molecule has 0 bridgehead atoms. The van der Waals surface area contributed by atoms with E-state index in [-0.39, 0.29) is 24.0 Å². The number of rotatable bonds is 11. The van der Waals surface area contributed by atoms with Gasteiger partial charge in [-0.15, -0.1) is 35.3 Å². The predicted molar refractivity (Wildman–Crippen MR) is 119 cm³/mol. The summed E-state index contributed by atoms with van der Waals surface area (Å²) < 4.78 is 0. The minimum absolute atomic E-state index is 0. The van der Waals surface area contributed by atoms with Gasteiger partial charge in [0.15, 0.2) is 5.96 Å². The molecule has 0 atom stereocenters. The molecule has 0 aliphatic rings. The molecule has 0 spiro atoms. The molecule has 0 saturated carbocycles. The highest BCUT2D eigenvalue weighted by molar-refractivity contribution is 14.0. The molecule has 1 heterocycles. The van der Waals surface area contributed by atoms with Crippen LogP contribution >= 0.6 is 35.3 Å². The second-order valence-electron chi connectivity index (χ2n) is 5.58. The molecule has 0 aromatic carbocycles. The lowest BCUT2D eigenvalue weighted by atomic mass is 10.3. The largest absolute Gasteiger partial charge is 0.357 e. The van der Waals surface area contributed by atoms with Gasteiger partial charge >= 0.3 is 0 Å². The second kappa shape index (κ2) is 15.0. The van der Waals surface area contributed by atoms with Gasteiger partial charge in [0, 0.05) is 22.8 Å². The van der Waals surface area contributed by atoms with Crippen molar-refractivity contribution < 1.29 is 0 Å². The Labute approximate surface area is 169 Å². The summed E-state index contributed by atoms with van der Waals surface area (Å²) in [5, 5.41) is 6.78. The Hall–Kier alpha value is -0.340. The van der Waals surface area contributed by atoms with E-state index >= 15 is 0 Å². The molecule has 0 saturated heterocycles. The Balaban J connectivity index is 0.00000529. The normalized spacial score (nSPS) is 11.5. The van der Waals surface area contributed by atoms with Crippen LogP contribution in [0, 0.1) is 0 Å². The molecule has 1 rings (SSSR count). The van der Waals surface area contributed by atoms with Crippen LogP contribution in [0.15, 0.2) is 17.1 Å². The lowest BCUT2D eigenvalue weighted by Crippen LogP contribution is -2.38. The number of nitrogens with one attached hydrogen (secondary N) is 2. The van der Waals surface area contributed by atoms with Crippen LogP contribution in [0.25, 0.3) is 0 Å². The number of hydrogen-bond donors (Lipinski definition) is 2. The third-order valence-corrected chi connectivity index (χ3v) is 5.11. The molecule has 0 aliphatic heterocycles. The summed E-state index contributed by atoms with van der Waals surface area (Å²) in [7, 11) is 0. The van der Waals surface area contributed by atoms with Gasteiger partial charge in [-0.3, -0.25) is 0 Å². The Morgan fingerprint density at radius 2 is 1.75 bits per heavy atom. The number of aryl methyl sites for hydroxylation is 1. The molecule has 140 valence electrons. The minimum atomic E-state index is 0. The van der Waals surface area contributed by atoms with Gasteiger partial charge in [0.25, 0.3) is 0 Å². The second-order valence-corrected chi connectivity index (χ2v) is 6.83. The lowest BCUT2D eigenvalue weighted by molar-refractivity contribution is 0.297. The zero-order valence-corrected chi connectivity index (χ0v) is 18.9. The van der Waals surface area contributed by atoms with Crippen molar-refractivity contribution >= 4 is 41.3 Å². The SMILES string of the molecule is CCNC(=NCc1ccc(CC)s1)NCCCCN(CC)CC.I. The van der Waals surface area contributed by atoms with E-state index in [2.05, 4.69) is 55.4 Å². The van der Waals surface area contributed by atoms with Crippen molar-refractivity contribution in [3.05, 3.63) is 21.9 Å². The summed E-state index contributed by atoms with van der Waals surface area (Å²) in [4.78, 5) is 9.93. The zero-order chi connectivity index (χ0) is 16.9. The lowest BCUT2D eigenvalue weighted by Gasteiger charge is -2.18. The molecule has 24 heavy (non-hydrogen) atoms. The molecule has 0 radical (unpaired) electrons. The van der Waals surface area contributed by atoms with Crippen LogP contribution in [0.1, 0.15) is 50.3 Å². The number of aliphatic imine (C=N–C) groups is 1. The molecular weight excluding hydrogens is 431 g/mol. The number of thiophene rings is 1. The van der Waals surface area contributed by atoms with Crippen LogP contribution < -0.4 is 10.6 Å². The number of guanidine groups is 1. The Bertz CT molecular complexity index is 444. The maximum Gasteiger partial charge on any atom is 0.191 e. The first-order chi connectivity index (χ1) is 11.2. The molecule has 0 unspecified atom stereocenters. The maximum atomic E-state index is 4.69. The van der Waals surface area contributed by atoms with Gasteiger partial charge in [-0.1, -0.05) is 20.8 Å². The van der Waals surface area contributed by atoms with Gasteiger partial charge in [0.1, 0.15) is 0 Å². The van der Waals surface area contributed by atoms with Gasteiger partial charge in [0.05, 0.1) is 6.54 Å². The van der Waals surface area contributed by atoms with Crippen LogP contribution in [0.5, 0.6) is 0 Å². The van der Waals surface area contributed by atoms with E-state index in [1.54, 1.807) is 0 Å². The van der Waals surface area contributed by atoms with Crippen molar-refractivity contribution in [1.82, 2.24) is 15.5 Å². The highest BCUT2D eigenvalue weighted by Gasteiger charge is 2.01. The number of nitrogens with zero attached hydrogens (tertiary/aromatic N) is 2. The van der Waals surface area contributed by atoms with Gasteiger partial charge in [-0.05, 0) is 58.0 Å². The standard InChI is InChI=1S/C18H34N4S.HI/c1-5-16-11-12-17(23-16)15-21-18(19-6-2)20-13-9-10-14-22(7-3)8-4;/h11-12H,5-10,13-15H2,1-4H3,(H2,19,20,21);1H. The molecule has 2 N–H and O–H groups in total. The first-order valence-corrected chi connectivity index (χ1v) is 9.87. The monoisotopic (exact) mass is 466 g/mol. The smallest absolute Gasteiger partial charge is 0.191 e. The molecule has 0 aliphatic carbocycles. The van der Waals surface area contributed by atoms with Crippen LogP contribution in [0.4, 0.5) is 0 Å². The van der Waals surface area contributed by atoms with Gasteiger partial charge < -0.3 is 15.5 Å². The third-order valence-electron chi connectivity index (χ3n) is 3.89. The Morgan fingerprint density at radius 1 is 1.04 bits per heavy atom. The summed E-state index contributed by atoms with van der Waals surface area (Å²) in [5.74, 6) is 0.932. The maximum absolute atomic E-state index is 4.69. The Kier molecular flexibility index (Phi) is 14.7. The molecule has 6 heteroatoms. The first kappa shape index (κ1) is 23.7. The van der Waals surface area contributed by atoms with E-state index in [1.807, 2.05) is 11.3 Å². The predicted octanol–water partition coefficient (Wildman–Crippen LogP) is 4.11. The average molecular weight is 466 g/mol. The summed E-state index contributed by atoms with van der Waals surface area (Å²) in [6.45, 7) is 14.9. The van der Waals surface area contributed by atoms with Crippen molar-refractivity contribution in [2.75, 3.05) is 32.7 Å². The first-order valence-electron chi connectivity index (χ1n) is 9.05. The van der Waals surface area contributed by atoms with Crippen LogP contribution in [0.3, 0.4) is 0 Å². The zero-order valence-electron chi connectivity index (χ0n) is 15.7. The number of halogens is 1. The number of unbranched alkanes of at least 4 members (excludes halogenated alkanes) is 1. The van der Waals surface area contributed by atoms with Crippen molar-refractivity contribution in [3.8, 4) is 0 Å². The van der Waals surface area contributed by atoms with E-state index < -0.39 is 0 Å². The van der Waals surface area contributed by atoms with E-state index in [0.717, 1.165) is 45.1 Å². The fraction of sp³-hybridized carbons (Fsp3) is 0.722. The summed E-state index contributed by atoms with van der Waals surface area (Å²) in [6, 6.07) is 4.41.